The molecule has 0 bridgehead atoms. The number of Topliss-reactive ketones (excluding diaryl/α,β-unsaturated/α-hetero) is 1. The fourth-order valence-electron chi connectivity index (χ4n) is 9.86. The lowest BCUT2D eigenvalue weighted by molar-refractivity contribution is -0.144. The molecular formula is C41H39NO6. The quantitative estimate of drug-likeness (QED) is 0.250. The van der Waals surface area contributed by atoms with E-state index in [1.54, 1.807) is 17.0 Å². The first-order chi connectivity index (χ1) is 23.4. The highest BCUT2D eigenvalue weighted by molar-refractivity contribution is 6.31. The predicted octanol–water partition coefficient (Wildman–Crippen LogP) is 6.56. The lowest BCUT2D eigenvalue weighted by Gasteiger charge is -2.55. The number of methoxy groups -OCH3 is 1. The van der Waals surface area contributed by atoms with E-state index in [-0.39, 0.29) is 41.6 Å². The molecule has 1 heterocycles. The predicted molar refractivity (Wildman–Crippen MR) is 180 cm³/mol. The number of carbonyl (C=O) groups is 4. The SMILES string of the molecule is COc1ccc([C@H]2C3=CC[C@@H]4C(=O)N(C5CCCCC5)C(=O)[C@@H]4[C@@H]3C[C@H]3C(=O)C(c4ccccc4)=CC(=O)[C@@]23c2ccccc2)cc1O. The Hall–Kier alpha value is -4.78. The summed E-state index contributed by atoms with van der Waals surface area (Å²) in [5.74, 6) is -3.32. The van der Waals surface area contributed by atoms with Gasteiger partial charge in [-0.2, -0.15) is 0 Å². The van der Waals surface area contributed by atoms with Gasteiger partial charge < -0.3 is 9.84 Å². The number of hydrogen-bond acceptors (Lipinski definition) is 6. The monoisotopic (exact) mass is 641 g/mol. The molecule has 48 heavy (non-hydrogen) atoms. The van der Waals surface area contributed by atoms with Gasteiger partial charge in [0.15, 0.2) is 23.1 Å². The summed E-state index contributed by atoms with van der Waals surface area (Å²) >= 11 is 0. The summed E-state index contributed by atoms with van der Waals surface area (Å²) < 4.78 is 5.38. The molecule has 2 saturated carbocycles. The van der Waals surface area contributed by atoms with Crippen LogP contribution >= 0.6 is 0 Å². The molecule has 244 valence electrons. The first-order valence-corrected chi connectivity index (χ1v) is 17.2. The lowest BCUT2D eigenvalue weighted by Crippen LogP contribution is -2.58. The van der Waals surface area contributed by atoms with Crippen molar-refractivity contribution in [1.82, 2.24) is 4.90 Å². The van der Waals surface area contributed by atoms with E-state index in [0.717, 1.165) is 43.2 Å². The molecular weight excluding hydrogens is 602 g/mol. The van der Waals surface area contributed by atoms with Crippen LogP contribution in [0.15, 0.2) is 96.6 Å². The van der Waals surface area contributed by atoms with Crippen LogP contribution in [0.5, 0.6) is 11.5 Å². The first kappa shape index (κ1) is 30.5. The molecule has 8 rings (SSSR count). The summed E-state index contributed by atoms with van der Waals surface area (Å²) in [7, 11) is 1.48. The summed E-state index contributed by atoms with van der Waals surface area (Å²) in [5.41, 5.74) is 1.98. The van der Waals surface area contributed by atoms with E-state index in [4.69, 9.17) is 4.74 Å². The number of carbonyl (C=O) groups excluding carboxylic acids is 4. The van der Waals surface area contributed by atoms with Crippen molar-refractivity contribution in [3.63, 3.8) is 0 Å². The maximum Gasteiger partial charge on any atom is 0.233 e. The fraction of sp³-hybridized carbons (Fsp3) is 0.366. The zero-order valence-electron chi connectivity index (χ0n) is 27.0. The molecule has 0 radical (unpaired) electrons. The number of ketones is 2. The van der Waals surface area contributed by atoms with E-state index in [1.165, 1.54) is 13.2 Å². The van der Waals surface area contributed by atoms with Gasteiger partial charge in [-0.05, 0) is 66.5 Å². The highest BCUT2D eigenvalue weighted by Gasteiger charge is 2.66. The third kappa shape index (κ3) is 4.39. The molecule has 3 fully saturated rings. The number of imide groups is 1. The van der Waals surface area contributed by atoms with E-state index in [2.05, 4.69) is 6.08 Å². The molecule has 0 unspecified atom stereocenters. The molecule has 3 aromatic rings. The Labute approximate surface area is 280 Å². The van der Waals surface area contributed by atoms with Crippen LogP contribution in [0.2, 0.25) is 0 Å². The summed E-state index contributed by atoms with van der Waals surface area (Å²) in [5, 5.41) is 11.1. The number of benzene rings is 3. The second kappa shape index (κ2) is 11.7. The van der Waals surface area contributed by atoms with Crippen LogP contribution in [0.3, 0.4) is 0 Å². The molecule has 7 heteroatoms. The van der Waals surface area contributed by atoms with Gasteiger partial charge in [0, 0.05) is 23.5 Å². The Morgan fingerprint density at radius 1 is 0.833 bits per heavy atom. The summed E-state index contributed by atoms with van der Waals surface area (Å²) in [6.07, 6.45) is 9.02. The molecule has 0 aromatic heterocycles. The molecule has 5 aliphatic rings. The second-order valence-corrected chi connectivity index (χ2v) is 14.1. The van der Waals surface area contributed by atoms with Crippen LogP contribution < -0.4 is 4.74 Å². The number of nitrogens with zero attached hydrogens (tertiary/aromatic N) is 1. The summed E-state index contributed by atoms with van der Waals surface area (Å²) in [6, 6.07) is 23.8. The smallest absolute Gasteiger partial charge is 0.233 e. The Bertz CT molecular complexity index is 1870. The zero-order valence-corrected chi connectivity index (χ0v) is 27.0. The number of hydrogen-bond donors (Lipinski definition) is 1. The van der Waals surface area contributed by atoms with Crippen molar-refractivity contribution in [2.24, 2.45) is 23.7 Å². The molecule has 6 atom stereocenters. The maximum atomic E-state index is 15.1. The minimum absolute atomic E-state index is 0.0723. The highest BCUT2D eigenvalue weighted by Crippen LogP contribution is 2.64. The zero-order chi connectivity index (χ0) is 33.2. The summed E-state index contributed by atoms with van der Waals surface area (Å²) in [4.78, 5) is 60.1. The van der Waals surface area contributed by atoms with Crippen LogP contribution in [-0.4, -0.2) is 46.5 Å². The minimum Gasteiger partial charge on any atom is -0.504 e. The topological polar surface area (TPSA) is 101 Å². The van der Waals surface area contributed by atoms with Crippen molar-refractivity contribution < 1.29 is 29.0 Å². The molecule has 7 nitrogen and oxygen atoms in total. The van der Waals surface area contributed by atoms with Gasteiger partial charge >= 0.3 is 0 Å². The Morgan fingerprint density at radius 2 is 1.54 bits per heavy atom. The Morgan fingerprint density at radius 3 is 2.23 bits per heavy atom. The van der Waals surface area contributed by atoms with Crippen molar-refractivity contribution >= 4 is 29.0 Å². The number of fused-ring (bicyclic) bond motifs is 4. The Balaban J connectivity index is 1.35. The van der Waals surface area contributed by atoms with E-state index in [0.29, 0.717) is 28.9 Å². The molecule has 1 aliphatic heterocycles. The molecule has 1 N–H and O–H groups in total. The number of phenolic OH excluding ortho intramolecular Hbond substituents is 1. The van der Waals surface area contributed by atoms with Crippen LogP contribution in [0, 0.1) is 23.7 Å². The van der Waals surface area contributed by atoms with E-state index < -0.39 is 35.0 Å². The van der Waals surface area contributed by atoms with Crippen molar-refractivity contribution in [2.45, 2.75) is 62.3 Å². The second-order valence-electron chi connectivity index (χ2n) is 14.1. The van der Waals surface area contributed by atoms with Gasteiger partial charge in [-0.15, -0.1) is 0 Å². The van der Waals surface area contributed by atoms with Crippen molar-refractivity contribution in [3.8, 4) is 11.5 Å². The average molecular weight is 642 g/mol. The van der Waals surface area contributed by atoms with E-state index in [9.17, 15) is 19.5 Å². The molecule has 0 spiro atoms. The minimum atomic E-state index is -1.33. The van der Waals surface area contributed by atoms with Crippen LogP contribution in [0.25, 0.3) is 5.57 Å². The van der Waals surface area contributed by atoms with Gasteiger partial charge in [0.1, 0.15) is 0 Å². The standard InChI is InChI=1S/C41H39NO6/c1-48-34-20-17-25(21-33(34)43)37-28-18-19-29-36(40(47)42(39(29)46)27-15-9-4-10-16-27)31(28)22-32-38(45)30(24-11-5-2-6-12-24)23-35(44)41(32,37)26-13-7-3-8-14-26/h2-3,5-8,11-14,17-18,20-21,23,27,29,31-32,36-37,43H,4,9-10,15-16,19,22H2,1H3/t29-,31+,32-,36-,37-,41-/m0/s1. The van der Waals surface area contributed by atoms with Gasteiger partial charge in [0.05, 0.1) is 24.4 Å². The van der Waals surface area contributed by atoms with Crippen LogP contribution in [0.4, 0.5) is 0 Å². The van der Waals surface area contributed by atoms with E-state index >= 15 is 4.79 Å². The normalized spacial score (nSPS) is 30.3. The van der Waals surface area contributed by atoms with Crippen LogP contribution in [0.1, 0.15) is 67.6 Å². The number of allylic oxidation sites excluding steroid dienone is 4. The van der Waals surface area contributed by atoms with Gasteiger partial charge in [0.2, 0.25) is 11.8 Å². The first-order valence-electron chi connectivity index (χ1n) is 17.2. The number of aromatic hydroxyl groups is 1. The molecule has 3 aromatic carbocycles. The third-order valence-corrected chi connectivity index (χ3v) is 11.9. The van der Waals surface area contributed by atoms with Gasteiger partial charge in [0.25, 0.3) is 0 Å². The van der Waals surface area contributed by atoms with Gasteiger partial charge in [-0.3, -0.25) is 24.1 Å². The van der Waals surface area contributed by atoms with E-state index in [1.807, 2.05) is 66.7 Å². The van der Waals surface area contributed by atoms with Gasteiger partial charge in [-0.1, -0.05) is 97.6 Å². The number of likely N-dealkylation sites (tertiary alicyclic amines) is 1. The number of rotatable bonds is 5. The molecule has 2 amide bonds. The van der Waals surface area contributed by atoms with Crippen LogP contribution in [-0.2, 0) is 24.6 Å². The number of amides is 2. The molecule has 4 aliphatic carbocycles. The average Bonchev–Trinajstić information content (AvgIpc) is 3.38. The lowest BCUT2D eigenvalue weighted by atomic mass is 9.44. The third-order valence-electron chi connectivity index (χ3n) is 11.9. The van der Waals surface area contributed by atoms with Crippen molar-refractivity contribution in [2.75, 3.05) is 7.11 Å². The fourth-order valence-corrected chi connectivity index (χ4v) is 9.86. The van der Waals surface area contributed by atoms with Gasteiger partial charge in [-0.25, -0.2) is 0 Å². The summed E-state index contributed by atoms with van der Waals surface area (Å²) in [6.45, 7) is 0. The Kier molecular flexibility index (Phi) is 7.46. The maximum absolute atomic E-state index is 15.1. The van der Waals surface area contributed by atoms with Crippen molar-refractivity contribution in [1.29, 1.82) is 0 Å². The number of ether oxygens (including phenoxy) is 1. The van der Waals surface area contributed by atoms with Crippen molar-refractivity contribution in [3.05, 3.63) is 113 Å². The number of phenols is 1. The highest BCUT2D eigenvalue weighted by atomic mass is 16.5. The molecule has 1 saturated heterocycles. The largest absolute Gasteiger partial charge is 0.504 e.